The van der Waals surface area contributed by atoms with E-state index in [1.54, 1.807) is 18.2 Å². The molecule has 0 aliphatic carbocycles. The molecule has 2 atom stereocenters. The Balaban J connectivity index is 1.49. The van der Waals surface area contributed by atoms with Gasteiger partial charge in [0.25, 0.3) is 11.8 Å². The second-order valence-electron chi connectivity index (χ2n) is 8.21. The van der Waals surface area contributed by atoms with Gasteiger partial charge in [-0.05, 0) is 62.8 Å². The van der Waals surface area contributed by atoms with Crippen LogP contribution in [0.25, 0.3) is 0 Å². The van der Waals surface area contributed by atoms with Crippen molar-refractivity contribution in [3.05, 3.63) is 101 Å². The Morgan fingerprint density at radius 3 is 1.47 bits per heavy atom. The molecule has 2 aromatic carbocycles. The number of amides is 2. The number of hydrogen-bond donors (Lipinski definition) is 2. The van der Waals surface area contributed by atoms with Crippen molar-refractivity contribution in [1.29, 1.82) is 0 Å². The summed E-state index contributed by atoms with van der Waals surface area (Å²) in [6.45, 7) is 3.96. The van der Waals surface area contributed by atoms with Crippen LogP contribution in [0.1, 0.15) is 58.8 Å². The van der Waals surface area contributed by atoms with Gasteiger partial charge in [-0.1, -0.05) is 66.7 Å². The third-order valence-electron chi connectivity index (χ3n) is 5.39. The fourth-order valence-corrected chi connectivity index (χ4v) is 3.48. The van der Waals surface area contributed by atoms with Crippen LogP contribution >= 0.6 is 0 Å². The lowest BCUT2D eigenvalue weighted by Gasteiger charge is -2.15. The molecular weight excluding hydrogens is 398 g/mol. The van der Waals surface area contributed by atoms with Crippen LogP contribution in [0.15, 0.2) is 78.9 Å². The van der Waals surface area contributed by atoms with Gasteiger partial charge >= 0.3 is 0 Å². The number of rotatable bonds is 10. The predicted octanol–water partition coefficient (Wildman–Crippen LogP) is 4.58. The van der Waals surface area contributed by atoms with E-state index < -0.39 is 0 Å². The van der Waals surface area contributed by atoms with Crippen molar-refractivity contribution in [2.75, 3.05) is 0 Å². The van der Waals surface area contributed by atoms with E-state index in [2.05, 4.69) is 39.9 Å². The monoisotopic (exact) mass is 429 g/mol. The van der Waals surface area contributed by atoms with Gasteiger partial charge in [0, 0.05) is 12.1 Å². The van der Waals surface area contributed by atoms with Gasteiger partial charge in [-0.2, -0.15) is 0 Å². The van der Waals surface area contributed by atoms with E-state index in [-0.39, 0.29) is 35.3 Å². The summed E-state index contributed by atoms with van der Waals surface area (Å²) in [7, 11) is 0. The van der Waals surface area contributed by atoms with Crippen molar-refractivity contribution in [2.45, 2.75) is 51.6 Å². The maximum atomic E-state index is 12.6. The molecule has 0 radical (unpaired) electrons. The normalized spacial score (nSPS) is 12.6. The zero-order valence-corrected chi connectivity index (χ0v) is 18.8. The lowest BCUT2D eigenvalue weighted by molar-refractivity contribution is 0.0929. The van der Waals surface area contributed by atoms with Crippen molar-refractivity contribution < 1.29 is 9.59 Å². The summed E-state index contributed by atoms with van der Waals surface area (Å²) in [5.74, 6) is -0.533. The molecule has 5 heteroatoms. The Hall–Kier alpha value is -3.47. The van der Waals surface area contributed by atoms with Crippen LogP contribution in [0.3, 0.4) is 0 Å². The number of nitrogens with one attached hydrogen (secondary N) is 2. The SMILES string of the molecule is C[C@H](CCc1ccccc1)NC(=O)c1cccc(C(=O)N[C@@H](C)CCc2ccccc2)n1. The first-order chi connectivity index (χ1) is 15.5. The average molecular weight is 430 g/mol. The van der Waals surface area contributed by atoms with Gasteiger partial charge in [0.1, 0.15) is 11.4 Å². The molecule has 0 unspecified atom stereocenters. The summed E-state index contributed by atoms with van der Waals surface area (Å²) < 4.78 is 0. The lowest BCUT2D eigenvalue weighted by Crippen LogP contribution is -2.35. The Morgan fingerprint density at radius 2 is 1.06 bits per heavy atom. The minimum absolute atomic E-state index is 0.00000226. The number of aromatic nitrogens is 1. The van der Waals surface area contributed by atoms with Crippen LogP contribution in [0.2, 0.25) is 0 Å². The van der Waals surface area contributed by atoms with Crippen LogP contribution in [0.5, 0.6) is 0 Å². The number of carbonyl (C=O) groups excluding carboxylic acids is 2. The molecule has 2 N–H and O–H groups in total. The van der Waals surface area contributed by atoms with Crippen molar-refractivity contribution >= 4 is 11.8 Å². The van der Waals surface area contributed by atoms with E-state index in [1.165, 1.54) is 11.1 Å². The minimum Gasteiger partial charge on any atom is -0.348 e. The van der Waals surface area contributed by atoms with Crippen LogP contribution in [-0.4, -0.2) is 28.9 Å². The highest BCUT2D eigenvalue weighted by atomic mass is 16.2. The molecule has 5 nitrogen and oxygen atoms in total. The Bertz CT molecular complexity index is 927. The third kappa shape index (κ3) is 7.34. The minimum atomic E-state index is -0.266. The summed E-state index contributed by atoms with van der Waals surface area (Å²) in [6, 6.07) is 25.3. The summed E-state index contributed by atoms with van der Waals surface area (Å²) in [4.78, 5) is 29.5. The third-order valence-corrected chi connectivity index (χ3v) is 5.39. The van der Waals surface area contributed by atoms with Gasteiger partial charge in [-0.25, -0.2) is 4.98 Å². The lowest BCUT2D eigenvalue weighted by atomic mass is 10.1. The molecule has 0 aliphatic heterocycles. The molecule has 1 aromatic heterocycles. The van der Waals surface area contributed by atoms with E-state index in [0.717, 1.165) is 25.7 Å². The molecule has 0 saturated heterocycles. The smallest absolute Gasteiger partial charge is 0.270 e. The molecule has 0 bridgehead atoms. The van der Waals surface area contributed by atoms with E-state index in [4.69, 9.17) is 0 Å². The Kier molecular flexibility index (Phi) is 8.55. The van der Waals surface area contributed by atoms with Crippen molar-refractivity contribution in [2.24, 2.45) is 0 Å². The fraction of sp³-hybridized carbons (Fsp3) is 0.296. The molecule has 0 fully saturated rings. The van der Waals surface area contributed by atoms with Crippen LogP contribution in [-0.2, 0) is 12.8 Å². The maximum Gasteiger partial charge on any atom is 0.270 e. The summed E-state index contributed by atoms with van der Waals surface area (Å²) in [5.41, 5.74) is 2.99. The van der Waals surface area contributed by atoms with Crippen LogP contribution in [0, 0.1) is 0 Å². The van der Waals surface area contributed by atoms with Crippen LogP contribution < -0.4 is 10.6 Å². The first kappa shape index (κ1) is 23.2. The molecule has 0 aliphatic rings. The predicted molar refractivity (Wildman–Crippen MR) is 128 cm³/mol. The largest absolute Gasteiger partial charge is 0.348 e. The first-order valence-electron chi connectivity index (χ1n) is 11.2. The van der Waals surface area contributed by atoms with E-state index in [0.29, 0.717) is 0 Å². The molecule has 1 heterocycles. The fourth-order valence-electron chi connectivity index (χ4n) is 3.48. The quantitative estimate of drug-likeness (QED) is 0.495. The molecule has 0 spiro atoms. The average Bonchev–Trinajstić information content (AvgIpc) is 2.83. The van der Waals surface area contributed by atoms with Gasteiger partial charge in [-0.15, -0.1) is 0 Å². The second kappa shape index (κ2) is 11.8. The first-order valence-corrected chi connectivity index (χ1v) is 11.2. The summed E-state index contributed by atoms with van der Waals surface area (Å²) in [6.07, 6.45) is 3.43. The molecule has 0 saturated carbocycles. The van der Waals surface area contributed by atoms with E-state index >= 15 is 0 Å². The number of aryl methyl sites for hydroxylation is 2. The highest BCUT2D eigenvalue weighted by molar-refractivity contribution is 5.96. The molecule has 2 amide bonds. The van der Waals surface area contributed by atoms with Gasteiger partial charge < -0.3 is 10.6 Å². The molecule has 3 aromatic rings. The van der Waals surface area contributed by atoms with Crippen molar-refractivity contribution in [1.82, 2.24) is 15.6 Å². The highest BCUT2D eigenvalue weighted by Crippen LogP contribution is 2.08. The van der Waals surface area contributed by atoms with E-state index in [9.17, 15) is 9.59 Å². The van der Waals surface area contributed by atoms with E-state index in [1.807, 2.05) is 50.2 Å². The van der Waals surface area contributed by atoms with Crippen LogP contribution in [0.4, 0.5) is 0 Å². The van der Waals surface area contributed by atoms with Gasteiger partial charge in [0.15, 0.2) is 0 Å². The summed E-state index contributed by atoms with van der Waals surface area (Å²) in [5, 5.41) is 5.96. The molecule has 3 rings (SSSR count). The zero-order chi connectivity index (χ0) is 22.8. The Labute approximate surface area is 190 Å². The standard InChI is InChI=1S/C27H31N3O2/c1-20(16-18-22-10-5-3-6-11-22)28-26(31)24-14-9-15-25(30-24)27(32)29-21(2)17-19-23-12-7-4-8-13-23/h3-15,20-21H,16-19H2,1-2H3,(H,28,31)(H,29,32)/t20-,21+. The second-order valence-corrected chi connectivity index (χ2v) is 8.21. The van der Waals surface area contributed by atoms with Crippen molar-refractivity contribution in [3.8, 4) is 0 Å². The molecule has 166 valence electrons. The number of nitrogens with zero attached hydrogens (tertiary/aromatic N) is 1. The van der Waals surface area contributed by atoms with Gasteiger partial charge in [0.05, 0.1) is 0 Å². The Morgan fingerprint density at radius 1 is 0.656 bits per heavy atom. The summed E-state index contributed by atoms with van der Waals surface area (Å²) >= 11 is 0. The highest BCUT2D eigenvalue weighted by Gasteiger charge is 2.16. The molecular formula is C27H31N3O2. The number of hydrogen-bond acceptors (Lipinski definition) is 3. The number of pyridine rings is 1. The van der Waals surface area contributed by atoms with Gasteiger partial charge in [-0.3, -0.25) is 9.59 Å². The topological polar surface area (TPSA) is 71.1 Å². The maximum absolute atomic E-state index is 12.6. The van der Waals surface area contributed by atoms with Crippen molar-refractivity contribution in [3.63, 3.8) is 0 Å². The number of carbonyl (C=O) groups is 2. The zero-order valence-electron chi connectivity index (χ0n) is 18.8. The van der Waals surface area contributed by atoms with Gasteiger partial charge in [0.2, 0.25) is 0 Å². The molecule has 32 heavy (non-hydrogen) atoms. The number of benzene rings is 2.